The van der Waals surface area contributed by atoms with Gasteiger partial charge in [0.1, 0.15) is 17.9 Å². The highest BCUT2D eigenvalue weighted by Crippen LogP contribution is 2.61. The first-order valence-corrected chi connectivity index (χ1v) is 19.6. The van der Waals surface area contributed by atoms with Gasteiger partial charge in [0.2, 0.25) is 5.91 Å². The number of benzene rings is 1. The van der Waals surface area contributed by atoms with Crippen LogP contribution in [0.25, 0.3) is 5.57 Å². The van der Waals surface area contributed by atoms with Gasteiger partial charge in [-0.2, -0.15) is 5.06 Å². The Morgan fingerprint density at radius 1 is 1.21 bits per heavy atom. The maximum Gasteiger partial charge on any atom is 0.240 e. The minimum Gasteiger partial charge on any atom is -0.496 e. The number of carbonyl (C=O) groups excluding carboxylic acids is 1. The van der Waals surface area contributed by atoms with E-state index in [1.54, 1.807) is 19.1 Å². The molecule has 0 radical (unpaired) electrons. The van der Waals surface area contributed by atoms with E-state index in [1.165, 1.54) is 6.42 Å². The topological polar surface area (TPSA) is 110 Å². The molecular formula is C43H71N5O5. The zero-order chi connectivity index (χ0) is 39.4. The summed E-state index contributed by atoms with van der Waals surface area (Å²) in [5, 5.41) is 30.1. The average molecular weight is 738 g/mol. The van der Waals surface area contributed by atoms with Gasteiger partial charge in [-0.1, -0.05) is 78.5 Å². The van der Waals surface area contributed by atoms with E-state index < -0.39 is 24.2 Å². The molecule has 1 amide bonds. The number of hydrogen-bond donors (Lipinski definition) is 4. The van der Waals surface area contributed by atoms with Crippen LogP contribution in [0.5, 0.6) is 5.75 Å². The summed E-state index contributed by atoms with van der Waals surface area (Å²) in [6, 6.07) is 5.61. The molecule has 3 aliphatic carbocycles. The van der Waals surface area contributed by atoms with E-state index in [0.29, 0.717) is 41.5 Å². The second kappa shape index (κ2) is 17.8. The largest absolute Gasteiger partial charge is 0.496 e. The van der Waals surface area contributed by atoms with Crippen LogP contribution in [-0.2, 0) is 16.2 Å². The van der Waals surface area contributed by atoms with E-state index in [4.69, 9.17) is 9.57 Å². The van der Waals surface area contributed by atoms with Crippen LogP contribution in [0.15, 0.2) is 48.7 Å². The fourth-order valence-corrected chi connectivity index (χ4v) is 9.16. The summed E-state index contributed by atoms with van der Waals surface area (Å²) in [5.74, 6) is 1.40. The predicted octanol–water partition coefficient (Wildman–Crippen LogP) is 5.33. The second-order valence-electron chi connectivity index (χ2n) is 18.3. The molecular weight excluding hydrogens is 667 g/mol. The van der Waals surface area contributed by atoms with Gasteiger partial charge in [-0.15, -0.1) is 0 Å². The van der Waals surface area contributed by atoms with Gasteiger partial charge < -0.3 is 35.4 Å². The molecule has 1 aliphatic heterocycles. The number of nitrogens with one attached hydrogen (secondary N) is 2. The molecule has 10 nitrogen and oxygen atoms in total. The van der Waals surface area contributed by atoms with E-state index in [-0.39, 0.29) is 30.5 Å². The van der Waals surface area contributed by atoms with Crippen molar-refractivity contribution in [2.45, 2.75) is 105 Å². The van der Waals surface area contributed by atoms with Gasteiger partial charge in [0, 0.05) is 62.0 Å². The van der Waals surface area contributed by atoms with Gasteiger partial charge in [0.25, 0.3) is 0 Å². The van der Waals surface area contributed by atoms with Crippen molar-refractivity contribution in [3.05, 3.63) is 59.8 Å². The number of hydrogen-bond acceptors (Lipinski definition) is 9. The fraction of sp³-hybridized carbons (Fsp3) is 0.698. The van der Waals surface area contributed by atoms with Crippen molar-refractivity contribution in [3.63, 3.8) is 0 Å². The smallest absolute Gasteiger partial charge is 0.240 e. The van der Waals surface area contributed by atoms with E-state index in [0.717, 1.165) is 41.8 Å². The summed E-state index contributed by atoms with van der Waals surface area (Å²) in [7, 11) is 9.81. The van der Waals surface area contributed by atoms with Crippen LogP contribution in [0.4, 0.5) is 0 Å². The molecule has 10 heteroatoms. The maximum absolute atomic E-state index is 14.3. The third-order valence-electron chi connectivity index (χ3n) is 12.2. The summed E-state index contributed by atoms with van der Waals surface area (Å²) in [5.41, 5.74) is 3.98. The predicted molar refractivity (Wildman–Crippen MR) is 215 cm³/mol. The molecule has 4 fully saturated rings. The zero-order valence-electron chi connectivity index (χ0n) is 34.8. The molecule has 5 rings (SSSR count). The highest BCUT2D eigenvalue weighted by atomic mass is 16.7. The minimum atomic E-state index is -0.872. The number of para-hydroxylation sites is 1. The molecule has 4 N–H and O–H groups in total. The molecule has 9 atom stereocenters. The Hall–Kier alpha value is -2.73. The van der Waals surface area contributed by atoms with Crippen LogP contribution in [0.2, 0.25) is 0 Å². The number of carbonyl (C=O) groups is 1. The lowest BCUT2D eigenvalue weighted by Gasteiger charge is -2.62. The number of rotatable bonds is 17. The van der Waals surface area contributed by atoms with E-state index >= 15 is 0 Å². The van der Waals surface area contributed by atoms with Crippen molar-refractivity contribution >= 4 is 11.5 Å². The van der Waals surface area contributed by atoms with Crippen molar-refractivity contribution in [1.82, 2.24) is 25.5 Å². The fourth-order valence-electron chi connectivity index (χ4n) is 9.16. The van der Waals surface area contributed by atoms with Crippen molar-refractivity contribution in [3.8, 4) is 5.75 Å². The van der Waals surface area contributed by atoms with E-state index in [2.05, 4.69) is 96.0 Å². The van der Waals surface area contributed by atoms with Crippen LogP contribution in [-0.4, -0.2) is 116 Å². The molecule has 3 saturated carbocycles. The Bertz CT molecular complexity index is 1460. The molecule has 0 unspecified atom stereocenters. The third kappa shape index (κ3) is 10.3. The van der Waals surface area contributed by atoms with Crippen LogP contribution in [0.1, 0.15) is 78.9 Å². The molecule has 1 heterocycles. The maximum atomic E-state index is 14.3. The molecule has 0 spiro atoms. The number of aliphatic hydroxyl groups excluding tert-OH is 2. The highest BCUT2D eigenvalue weighted by Gasteiger charge is 2.57. The number of methoxy groups -OCH3 is 1. The zero-order valence-corrected chi connectivity index (χ0v) is 34.8. The average Bonchev–Trinajstić information content (AvgIpc) is 3.44. The first-order chi connectivity index (χ1) is 24.8. The number of fused-ring (bicyclic) bond motifs is 2. The van der Waals surface area contributed by atoms with Gasteiger partial charge in [0.05, 0.1) is 26.4 Å². The van der Waals surface area contributed by atoms with Gasteiger partial charge in [-0.25, -0.2) is 0 Å². The second-order valence-corrected chi connectivity index (χ2v) is 18.3. The number of nitrogens with zero attached hydrogens (tertiary/aromatic N) is 3. The normalized spacial score (nSPS) is 28.5. The van der Waals surface area contributed by atoms with Crippen molar-refractivity contribution in [2.75, 3.05) is 55.0 Å². The molecule has 4 aliphatic rings. The van der Waals surface area contributed by atoms with Gasteiger partial charge >= 0.3 is 0 Å². The van der Waals surface area contributed by atoms with Crippen LogP contribution < -0.4 is 15.4 Å². The summed E-state index contributed by atoms with van der Waals surface area (Å²) in [6.07, 6.45) is 7.93. The lowest BCUT2D eigenvalue weighted by Crippen LogP contribution is -2.62. The van der Waals surface area contributed by atoms with Crippen molar-refractivity contribution < 1.29 is 24.6 Å². The lowest BCUT2D eigenvalue weighted by molar-refractivity contribution is -0.183. The quantitative estimate of drug-likeness (QED) is 0.158. The Labute approximate surface area is 320 Å². The summed E-state index contributed by atoms with van der Waals surface area (Å²) < 4.78 is 6.13. The van der Waals surface area contributed by atoms with Gasteiger partial charge in [0.15, 0.2) is 0 Å². The monoisotopic (exact) mass is 738 g/mol. The van der Waals surface area contributed by atoms with E-state index in [9.17, 15) is 15.0 Å². The SMILES string of the molecule is C=C(/C=C(\C=C\CN[C@H](CN(C)C)CC(C)(C)C)c1cccc(CN2O[C@@H](CO)[C@H]([C@H](C)O)[C@H]2C(=O)N[C@H]2C[C@H]3C[C@@H]([C@@H]2C)C3(C)C)c1OC)N(C)C. The van der Waals surface area contributed by atoms with Crippen LogP contribution in [0, 0.1) is 34.5 Å². The number of hydroxylamine groups is 2. The highest BCUT2D eigenvalue weighted by molar-refractivity contribution is 5.83. The molecule has 298 valence electrons. The molecule has 0 aromatic heterocycles. The number of allylic oxidation sites excluding steroid dienone is 3. The van der Waals surface area contributed by atoms with E-state index in [1.807, 2.05) is 37.2 Å². The Morgan fingerprint density at radius 2 is 1.91 bits per heavy atom. The first-order valence-electron chi connectivity index (χ1n) is 19.6. The Kier molecular flexibility index (Phi) is 14.5. The standard InChI is InChI=1S/C43H71N5O5/c1-27(47(11)12)20-30(17-15-19-44-33(25-46(9)10)23-42(4,5)6)34-18-14-16-31(40(34)52-13)24-48-39(38(29(3)50)37(26-49)53-48)41(51)45-36-22-32-21-35(28(36)2)43(32,7)8/h14-18,20,28-29,32-33,35-39,44,49-50H,1,19,21-26H2,2-13H3,(H,45,51)/b17-15+,30-20+/t28-,29-,32+,33-,35-,36-,37-,38-,39-/m0/s1. The van der Waals surface area contributed by atoms with Crippen molar-refractivity contribution in [2.24, 2.45) is 34.5 Å². The van der Waals surface area contributed by atoms with Gasteiger partial charge in [-0.3, -0.25) is 9.63 Å². The Morgan fingerprint density at radius 3 is 2.45 bits per heavy atom. The number of amides is 1. The number of ether oxygens (including phenoxy) is 1. The summed E-state index contributed by atoms with van der Waals surface area (Å²) >= 11 is 0. The summed E-state index contributed by atoms with van der Waals surface area (Å²) in [6.45, 7) is 21.3. The Balaban J connectivity index is 1.62. The number of aliphatic hydroxyl groups is 2. The van der Waals surface area contributed by atoms with Crippen LogP contribution >= 0.6 is 0 Å². The first kappa shape index (κ1) is 43.0. The molecule has 53 heavy (non-hydrogen) atoms. The number of likely N-dealkylation sites (N-methyl/N-ethyl adjacent to an activating group) is 2. The molecule has 2 bridgehead atoms. The van der Waals surface area contributed by atoms with Gasteiger partial charge in [-0.05, 0) is 80.5 Å². The van der Waals surface area contributed by atoms with Crippen LogP contribution in [0.3, 0.4) is 0 Å². The summed E-state index contributed by atoms with van der Waals surface area (Å²) in [4.78, 5) is 24.8. The minimum absolute atomic E-state index is 0.0622. The molecule has 1 aromatic carbocycles. The third-order valence-corrected chi connectivity index (χ3v) is 12.2. The van der Waals surface area contributed by atoms with Crippen molar-refractivity contribution in [1.29, 1.82) is 0 Å². The molecule has 1 saturated heterocycles. The molecule has 1 aromatic rings. The lowest BCUT2D eigenvalue weighted by atomic mass is 9.45.